The van der Waals surface area contributed by atoms with Gasteiger partial charge in [-0.05, 0) is 63.6 Å². The van der Waals surface area contributed by atoms with Crippen molar-refractivity contribution in [1.82, 2.24) is 10.4 Å². The van der Waals surface area contributed by atoms with E-state index in [1.54, 1.807) is 24.3 Å². The summed E-state index contributed by atoms with van der Waals surface area (Å²) >= 11 is 6.57. The summed E-state index contributed by atoms with van der Waals surface area (Å²) in [6.07, 6.45) is 1.87. The molecule has 5 rings (SSSR count). The number of carbonyl (C=O) groups is 2. The summed E-state index contributed by atoms with van der Waals surface area (Å²) in [6, 6.07) is 27.1. The van der Waals surface area contributed by atoms with Crippen LogP contribution in [0.5, 0.6) is 0 Å². The van der Waals surface area contributed by atoms with Crippen LogP contribution >= 0.6 is 24.0 Å². The van der Waals surface area contributed by atoms with Crippen molar-refractivity contribution in [1.29, 1.82) is 0 Å². The molecule has 0 saturated carbocycles. The van der Waals surface area contributed by atoms with Gasteiger partial charge in [0.25, 0.3) is 11.8 Å². The zero-order valence-corrected chi connectivity index (χ0v) is 17.9. The second kappa shape index (κ2) is 7.98. The maximum atomic E-state index is 13.1. The van der Waals surface area contributed by atoms with E-state index in [-0.39, 0.29) is 11.8 Å². The first-order valence-electron chi connectivity index (χ1n) is 9.66. The highest BCUT2D eigenvalue weighted by atomic mass is 32.2. The van der Waals surface area contributed by atoms with Gasteiger partial charge in [-0.2, -0.15) is 5.01 Å². The van der Waals surface area contributed by atoms with Gasteiger partial charge in [-0.25, -0.2) is 0 Å². The highest BCUT2D eigenvalue weighted by molar-refractivity contribution is 8.26. The number of fused-ring (bicyclic) bond motifs is 2. The molecule has 0 unspecified atom stereocenters. The van der Waals surface area contributed by atoms with Crippen LogP contribution in [0.3, 0.4) is 0 Å². The Morgan fingerprint density at radius 1 is 0.871 bits per heavy atom. The summed E-state index contributed by atoms with van der Waals surface area (Å²) < 4.78 is 0.296. The lowest BCUT2D eigenvalue weighted by molar-refractivity contribution is -0.123. The van der Waals surface area contributed by atoms with E-state index in [4.69, 9.17) is 12.2 Å². The number of hydrazine groups is 1. The van der Waals surface area contributed by atoms with Crippen molar-refractivity contribution in [3.8, 4) is 0 Å². The minimum atomic E-state index is -0.381. The Morgan fingerprint density at radius 2 is 1.45 bits per heavy atom. The summed E-state index contributed by atoms with van der Waals surface area (Å²) in [6.45, 7) is 0. The monoisotopic (exact) mass is 440 g/mol. The maximum Gasteiger partial charge on any atom is 0.285 e. The van der Waals surface area contributed by atoms with E-state index in [0.29, 0.717) is 14.8 Å². The van der Waals surface area contributed by atoms with Crippen LogP contribution in [0.25, 0.3) is 27.6 Å². The Kier molecular flexibility index (Phi) is 5.02. The molecule has 2 amide bonds. The Morgan fingerprint density at radius 3 is 2.10 bits per heavy atom. The number of nitrogens with one attached hydrogen (secondary N) is 1. The molecule has 4 aromatic rings. The molecule has 150 valence electrons. The van der Waals surface area contributed by atoms with Gasteiger partial charge in [0.2, 0.25) is 0 Å². The summed E-state index contributed by atoms with van der Waals surface area (Å²) in [5, 5.41) is 5.45. The van der Waals surface area contributed by atoms with Crippen molar-refractivity contribution < 1.29 is 9.59 Å². The van der Waals surface area contributed by atoms with Crippen molar-refractivity contribution in [2.24, 2.45) is 0 Å². The predicted molar refractivity (Wildman–Crippen MR) is 130 cm³/mol. The average Bonchev–Trinajstić information content (AvgIpc) is 3.06. The molecule has 1 N–H and O–H groups in total. The molecule has 0 atom stereocenters. The van der Waals surface area contributed by atoms with Crippen LogP contribution in [0.2, 0.25) is 0 Å². The second-order valence-electron chi connectivity index (χ2n) is 7.06. The third kappa shape index (κ3) is 3.60. The van der Waals surface area contributed by atoms with Crippen molar-refractivity contribution in [3.63, 3.8) is 0 Å². The molecule has 0 aliphatic carbocycles. The molecule has 6 heteroatoms. The molecule has 1 aliphatic rings. The van der Waals surface area contributed by atoms with Crippen molar-refractivity contribution >= 4 is 67.7 Å². The van der Waals surface area contributed by atoms with Gasteiger partial charge in [-0.1, -0.05) is 78.5 Å². The summed E-state index contributed by atoms with van der Waals surface area (Å²) in [7, 11) is 0. The van der Waals surface area contributed by atoms with Crippen LogP contribution in [0.15, 0.2) is 89.8 Å². The minimum Gasteiger partial charge on any atom is -0.267 e. The van der Waals surface area contributed by atoms with Gasteiger partial charge in [0.1, 0.15) is 0 Å². The lowest BCUT2D eigenvalue weighted by Crippen LogP contribution is -2.44. The molecule has 31 heavy (non-hydrogen) atoms. The maximum absolute atomic E-state index is 13.1. The van der Waals surface area contributed by atoms with E-state index in [2.05, 4.69) is 23.6 Å². The van der Waals surface area contributed by atoms with E-state index >= 15 is 0 Å². The number of nitrogens with zero attached hydrogens (tertiary/aromatic N) is 1. The molecular weight excluding hydrogens is 424 g/mol. The van der Waals surface area contributed by atoms with Gasteiger partial charge in [0.05, 0.1) is 4.91 Å². The number of hydrogen-bond donors (Lipinski definition) is 1. The second-order valence-corrected chi connectivity index (χ2v) is 8.73. The zero-order chi connectivity index (χ0) is 21.4. The third-order valence-corrected chi connectivity index (χ3v) is 6.43. The normalized spacial score (nSPS) is 15.2. The Hall–Kier alpha value is -3.48. The third-order valence-electron chi connectivity index (χ3n) is 5.13. The van der Waals surface area contributed by atoms with Crippen LogP contribution in [0.4, 0.5) is 0 Å². The fourth-order valence-corrected chi connectivity index (χ4v) is 4.82. The highest BCUT2D eigenvalue weighted by Crippen LogP contribution is 2.36. The fraction of sp³-hybridized carbons (Fsp3) is 0. The smallest absolute Gasteiger partial charge is 0.267 e. The highest BCUT2D eigenvalue weighted by Gasteiger charge is 2.34. The largest absolute Gasteiger partial charge is 0.285 e. The molecular formula is C25H16N2O2S2. The molecule has 1 saturated heterocycles. The number of rotatable bonds is 3. The molecule has 1 aliphatic heterocycles. The van der Waals surface area contributed by atoms with E-state index < -0.39 is 0 Å². The Bertz CT molecular complexity index is 1340. The van der Waals surface area contributed by atoms with Crippen molar-refractivity contribution in [2.75, 3.05) is 0 Å². The first-order valence-corrected chi connectivity index (χ1v) is 10.9. The van der Waals surface area contributed by atoms with Crippen LogP contribution in [0, 0.1) is 0 Å². The molecule has 0 radical (unpaired) electrons. The minimum absolute atomic E-state index is 0.296. The van der Waals surface area contributed by atoms with Crippen LogP contribution in [-0.4, -0.2) is 21.1 Å². The van der Waals surface area contributed by atoms with Crippen LogP contribution in [0.1, 0.15) is 15.9 Å². The number of hydrogen-bond acceptors (Lipinski definition) is 4. The Labute approximate surface area is 188 Å². The van der Waals surface area contributed by atoms with Gasteiger partial charge in [-0.3, -0.25) is 15.0 Å². The predicted octanol–water partition coefficient (Wildman–Crippen LogP) is 5.54. The van der Waals surface area contributed by atoms with Gasteiger partial charge in [0.15, 0.2) is 4.32 Å². The summed E-state index contributed by atoms with van der Waals surface area (Å²) in [4.78, 5) is 26.1. The molecule has 1 fully saturated rings. The topological polar surface area (TPSA) is 49.4 Å². The lowest BCUT2D eigenvalue weighted by Gasteiger charge is -2.15. The number of carbonyl (C=O) groups excluding carboxylic acids is 2. The average molecular weight is 441 g/mol. The number of thiocarbonyl (C=S) groups is 1. The van der Waals surface area contributed by atoms with Crippen LogP contribution < -0.4 is 5.43 Å². The van der Waals surface area contributed by atoms with Gasteiger partial charge >= 0.3 is 0 Å². The molecule has 1 heterocycles. The van der Waals surface area contributed by atoms with E-state index in [0.717, 1.165) is 32.1 Å². The molecule has 4 nitrogen and oxygen atoms in total. The van der Waals surface area contributed by atoms with Gasteiger partial charge in [0, 0.05) is 5.56 Å². The summed E-state index contributed by atoms with van der Waals surface area (Å²) in [5.41, 5.74) is 4.05. The van der Waals surface area contributed by atoms with E-state index in [1.807, 2.05) is 48.5 Å². The standard InChI is InChI=1S/C25H16N2O2S2/c28-23(16-8-2-1-3-9-16)26-27-24(29)22(31-25(27)30)15-21-19-12-6-4-10-17(19)14-18-11-5-7-13-20(18)21/h1-15H,(H,26,28)/b22-15+. The number of amides is 2. The molecule has 4 aromatic carbocycles. The quantitative estimate of drug-likeness (QED) is 0.258. The molecule has 0 spiro atoms. The SMILES string of the molecule is O=C(NN1C(=O)/C(=C\c2c3ccccc3cc3ccccc23)SC1=S)c1ccccc1. The first-order chi connectivity index (χ1) is 15.1. The van der Waals surface area contributed by atoms with Gasteiger partial charge in [-0.15, -0.1) is 0 Å². The van der Waals surface area contributed by atoms with E-state index in [9.17, 15) is 9.59 Å². The molecule has 0 aromatic heterocycles. The number of benzene rings is 4. The first kappa shape index (κ1) is 19.5. The van der Waals surface area contributed by atoms with Crippen molar-refractivity contribution in [3.05, 3.63) is 101 Å². The lowest BCUT2D eigenvalue weighted by atomic mass is 9.96. The fourth-order valence-electron chi connectivity index (χ4n) is 3.66. The van der Waals surface area contributed by atoms with E-state index in [1.165, 1.54) is 11.8 Å². The van der Waals surface area contributed by atoms with Gasteiger partial charge < -0.3 is 0 Å². The van der Waals surface area contributed by atoms with Crippen molar-refractivity contribution in [2.45, 2.75) is 0 Å². The number of thioether (sulfide) groups is 1. The Balaban J connectivity index is 1.54. The molecule has 0 bridgehead atoms. The van der Waals surface area contributed by atoms with Crippen LogP contribution in [-0.2, 0) is 4.79 Å². The zero-order valence-electron chi connectivity index (χ0n) is 16.2. The summed E-state index contributed by atoms with van der Waals surface area (Å²) in [5.74, 6) is -0.718.